The average molecular weight is 377 g/mol. The zero-order valence-electron chi connectivity index (χ0n) is 13.5. The van der Waals surface area contributed by atoms with Gasteiger partial charge in [0.2, 0.25) is 11.8 Å². The number of nitrogens with zero attached hydrogens (tertiary/aromatic N) is 1. The molecule has 0 unspecified atom stereocenters. The minimum Gasteiger partial charge on any atom is -0.370 e. The number of halogens is 2. The van der Waals surface area contributed by atoms with Crippen molar-refractivity contribution in [2.24, 2.45) is 5.73 Å². The molecule has 0 saturated carbocycles. The van der Waals surface area contributed by atoms with E-state index >= 15 is 0 Å². The first-order valence-corrected chi connectivity index (χ1v) is 8.45. The van der Waals surface area contributed by atoms with E-state index in [-0.39, 0.29) is 18.9 Å². The largest absolute Gasteiger partial charge is 0.370 e. The molecular weight excluding hydrogens is 359 g/mol. The lowest BCUT2D eigenvalue weighted by Crippen LogP contribution is -2.32. The summed E-state index contributed by atoms with van der Waals surface area (Å²) in [6.45, 7) is 0.660. The highest BCUT2D eigenvalue weighted by Crippen LogP contribution is 2.23. The minimum atomic E-state index is -0.445. The summed E-state index contributed by atoms with van der Waals surface area (Å²) in [7, 11) is 0. The minimum absolute atomic E-state index is 0.110. The van der Waals surface area contributed by atoms with Crippen molar-refractivity contribution in [3.8, 4) is 0 Å². The van der Waals surface area contributed by atoms with Gasteiger partial charge in [-0.1, -0.05) is 59.6 Å². The quantitative estimate of drug-likeness (QED) is 0.744. The third kappa shape index (κ3) is 6.25. The van der Waals surface area contributed by atoms with E-state index in [1.54, 1.807) is 29.2 Å². The molecular formula is C19H18Cl2N2O2. The van der Waals surface area contributed by atoms with Gasteiger partial charge < -0.3 is 10.6 Å². The van der Waals surface area contributed by atoms with E-state index in [0.29, 0.717) is 16.6 Å². The van der Waals surface area contributed by atoms with Crippen LogP contribution in [0.4, 0.5) is 0 Å². The topological polar surface area (TPSA) is 63.4 Å². The number of nitrogens with two attached hydrogens (primary N) is 1. The van der Waals surface area contributed by atoms with Crippen LogP contribution in [0.15, 0.2) is 54.6 Å². The van der Waals surface area contributed by atoms with Crippen LogP contribution in [0.25, 0.3) is 6.08 Å². The van der Waals surface area contributed by atoms with Gasteiger partial charge in [0.1, 0.15) is 0 Å². The molecule has 2 aromatic rings. The van der Waals surface area contributed by atoms with Crippen LogP contribution < -0.4 is 5.73 Å². The zero-order chi connectivity index (χ0) is 18.2. The van der Waals surface area contributed by atoms with Gasteiger partial charge >= 0.3 is 0 Å². The molecule has 0 bridgehead atoms. The Morgan fingerprint density at radius 3 is 2.40 bits per heavy atom. The van der Waals surface area contributed by atoms with E-state index in [9.17, 15) is 9.59 Å². The van der Waals surface area contributed by atoms with E-state index in [1.807, 2.05) is 30.3 Å². The Hall–Kier alpha value is -2.30. The summed E-state index contributed by atoms with van der Waals surface area (Å²) in [5, 5.41) is 0.878. The number of carbonyl (C=O) groups excluding carboxylic acids is 2. The molecule has 2 amide bonds. The fourth-order valence-corrected chi connectivity index (χ4v) is 2.51. The maximum absolute atomic E-state index is 12.5. The number of hydrogen-bond acceptors (Lipinski definition) is 2. The van der Waals surface area contributed by atoms with Crippen LogP contribution in [-0.2, 0) is 16.1 Å². The summed E-state index contributed by atoms with van der Waals surface area (Å²) in [6.07, 6.45) is 3.22. The second-order valence-corrected chi connectivity index (χ2v) is 6.28. The van der Waals surface area contributed by atoms with Crippen LogP contribution in [0.1, 0.15) is 17.5 Å². The fourth-order valence-electron chi connectivity index (χ4n) is 2.21. The highest BCUT2D eigenvalue weighted by atomic mass is 35.5. The van der Waals surface area contributed by atoms with Gasteiger partial charge in [0.05, 0.1) is 10.0 Å². The van der Waals surface area contributed by atoms with Gasteiger partial charge in [0.25, 0.3) is 0 Å². The van der Waals surface area contributed by atoms with Crippen molar-refractivity contribution < 1.29 is 9.59 Å². The lowest BCUT2D eigenvalue weighted by molar-refractivity contribution is -0.127. The van der Waals surface area contributed by atoms with Crippen molar-refractivity contribution in [2.45, 2.75) is 13.0 Å². The molecule has 130 valence electrons. The summed E-state index contributed by atoms with van der Waals surface area (Å²) in [4.78, 5) is 25.2. The number of carbonyl (C=O) groups is 2. The standard InChI is InChI=1S/C19H18Cl2N2O2/c20-16-8-6-14(12-17(16)21)7-9-19(25)23(11-10-18(22)24)13-15-4-2-1-3-5-15/h1-9,12H,10-11,13H2,(H2,22,24)/b9-7+. The second-order valence-electron chi connectivity index (χ2n) is 5.47. The van der Waals surface area contributed by atoms with E-state index in [0.717, 1.165) is 11.1 Å². The molecule has 0 aliphatic carbocycles. The van der Waals surface area contributed by atoms with Gasteiger partial charge in [0, 0.05) is 25.6 Å². The summed E-state index contributed by atoms with van der Waals surface area (Å²) >= 11 is 11.9. The third-order valence-electron chi connectivity index (χ3n) is 3.52. The van der Waals surface area contributed by atoms with Crippen molar-refractivity contribution >= 4 is 41.1 Å². The Morgan fingerprint density at radius 1 is 1.04 bits per heavy atom. The van der Waals surface area contributed by atoms with Gasteiger partial charge in [-0.15, -0.1) is 0 Å². The predicted octanol–water partition coefficient (Wildman–Crippen LogP) is 3.91. The first kappa shape index (κ1) is 19.0. The molecule has 0 heterocycles. The summed E-state index contributed by atoms with van der Waals surface area (Å²) in [6, 6.07) is 14.7. The first-order chi connectivity index (χ1) is 12.0. The Morgan fingerprint density at radius 2 is 1.76 bits per heavy atom. The first-order valence-electron chi connectivity index (χ1n) is 7.70. The van der Waals surface area contributed by atoms with Crippen LogP contribution in [0.3, 0.4) is 0 Å². The average Bonchev–Trinajstić information content (AvgIpc) is 2.60. The van der Waals surface area contributed by atoms with E-state index in [1.165, 1.54) is 6.08 Å². The van der Waals surface area contributed by atoms with Gasteiger partial charge in [-0.2, -0.15) is 0 Å². The maximum atomic E-state index is 12.5. The highest BCUT2D eigenvalue weighted by molar-refractivity contribution is 6.42. The molecule has 0 aromatic heterocycles. The molecule has 0 aliphatic rings. The summed E-state index contributed by atoms with van der Waals surface area (Å²) in [5.74, 6) is -0.657. The molecule has 0 fully saturated rings. The summed E-state index contributed by atoms with van der Waals surface area (Å²) < 4.78 is 0. The molecule has 2 aromatic carbocycles. The lowest BCUT2D eigenvalue weighted by atomic mass is 10.2. The molecule has 0 atom stereocenters. The van der Waals surface area contributed by atoms with Crippen molar-refractivity contribution in [3.05, 3.63) is 75.8 Å². The monoisotopic (exact) mass is 376 g/mol. The maximum Gasteiger partial charge on any atom is 0.246 e. The molecule has 0 radical (unpaired) electrons. The SMILES string of the molecule is NC(=O)CCN(Cc1ccccc1)C(=O)/C=C/c1ccc(Cl)c(Cl)c1. The lowest BCUT2D eigenvalue weighted by Gasteiger charge is -2.20. The van der Waals surface area contributed by atoms with E-state index in [2.05, 4.69) is 0 Å². The smallest absolute Gasteiger partial charge is 0.246 e. The van der Waals surface area contributed by atoms with Crippen molar-refractivity contribution in [1.29, 1.82) is 0 Å². The van der Waals surface area contributed by atoms with Crippen molar-refractivity contribution in [2.75, 3.05) is 6.54 Å². The number of benzene rings is 2. The third-order valence-corrected chi connectivity index (χ3v) is 4.26. The van der Waals surface area contributed by atoms with Crippen molar-refractivity contribution in [1.82, 2.24) is 4.90 Å². The Balaban J connectivity index is 2.11. The van der Waals surface area contributed by atoms with Crippen molar-refractivity contribution in [3.63, 3.8) is 0 Å². The van der Waals surface area contributed by atoms with Crippen LogP contribution in [-0.4, -0.2) is 23.3 Å². The van der Waals surface area contributed by atoms with Gasteiger partial charge in [-0.3, -0.25) is 9.59 Å². The number of primary amides is 1. The Labute approximate surface area is 156 Å². The summed E-state index contributed by atoms with van der Waals surface area (Å²) in [5.41, 5.74) is 6.94. The van der Waals surface area contributed by atoms with Gasteiger partial charge in [-0.05, 0) is 29.3 Å². The number of hydrogen-bond donors (Lipinski definition) is 1. The van der Waals surface area contributed by atoms with Crippen LogP contribution in [0.2, 0.25) is 10.0 Å². The van der Waals surface area contributed by atoms with Gasteiger partial charge in [0.15, 0.2) is 0 Å². The normalized spacial score (nSPS) is 10.8. The highest BCUT2D eigenvalue weighted by Gasteiger charge is 2.12. The van der Waals surface area contributed by atoms with Gasteiger partial charge in [-0.25, -0.2) is 0 Å². The molecule has 2 rings (SSSR count). The molecule has 4 nitrogen and oxygen atoms in total. The predicted molar refractivity (Wildman–Crippen MR) is 101 cm³/mol. The van der Waals surface area contributed by atoms with Crippen LogP contribution in [0, 0.1) is 0 Å². The molecule has 2 N–H and O–H groups in total. The second kappa shape index (κ2) is 9.25. The Kier molecular flexibility index (Phi) is 7.04. The molecule has 0 saturated heterocycles. The van der Waals surface area contributed by atoms with Crippen LogP contribution >= 0.6 is 23.2 Å². The fraction of sp³-hybridized carbons (Fsp3) is 0.158. The zero-order valence-corrected chi connectivity index (χ0v) is 15.0. The van der Waals surface area contributed by atoms with E-state index < -0.39 is 5.91 Å². The molecule has 0 spiro atoms. The Bertz CT molecular complexity index is 776. The molecule has 0 aliphatic heterocycles. The van der Waals surface area contributed by atoms with Crippen LogP contribution in [0.5, 0.6) is 0 Å². The number of amides is 2. The number of rotatable bonds is 7. The molecule has 6 heteroatoms. The molecule has 25 heavy (non-hydrogen) atoms. The van der Waals surface area contributed by atoms with E-state index in [4.69, 9.17) is 28.9 Å².